The molecule has 2 aliphatic heterocycles. The van der Waals surface area contributed by atoms with Crippen LogP contribution in [0.3, 0.4) is 0 Å². The molecule has 2 fully saturated rings. The first-order valence-corrected chi connectivity index (χ1v) is 6.71. The summed E-state index contributed by atoms with van der Waals surface area (Å²) in [4.78, 5) is 0. The maximum Gasteiger partial charge on any atom is 0.157 e. The van der Waals surface area contributed by atoms with Gasteiger partial charge in [0.1, 0.15) is 0 Å². The van der Waals surface area contributed by atoms with Gasteiger partial charge >= 0.3 is 0 Å². The third-order valence-electron chi connectivity index (χ3n) is 2.83. The molecule has 0 aromatic heterocycles. The van der Waals surface area contributed by atoms with Crippen molar-refractivity contribution in [3.05, 3.63) is 0 Å². The summed E-state index contributed by atoms with van der Waals surface area (Å²) in [6.07, 6.45) is 6.03. The van der Waals surface area contributed by atoms with Crippen molar-refractivity contribution in [2.24, 2.45) is 0 Å². The van der Waals surface area contributed by atoms with E-state index in [1.807, 2.05) is 0 Å². The van der Waals surface area contributed by atoms with Crippen LogP contribution < -0.4 is 0 Å². The molecule has 0 bridgehead atoms. The van der Waals surface area contributed by atoms with Crippen LogP contribution in [-0.4, -0.2) is 32.2 Å². The molecule has 0 spiro atoms. The molecule has 2 atom stereocenters. The van der Waals surface area contributed by atoms with Gasteiger partial charge in [0.2, 0.25) is 0 Å². The molecule has 18 heavy (non-hydrogen) atoms. The van der Waals surface area contributed by atoms with Gasteiger partial charge in [0, 0.05) is 19.4 Å². The minimum absolute atomic E-state index is 0.00103. The summed E-state index contributed by atoms with van der Waals surface area (Å²) in [6, 6.07) is 0. The Labute approximate surface area is 109 Å². The van der Waals surface area contributed by atoms with E-state index >= 15 is 0 Å². The lowest BCUT2D eigenvalue weighted by molar-refractivity contribution is -0.161. The summed E-state index contributed by atoms with van der Waals surface area (Å²) in [7, 11) is 0. The summed E-state index contributed by atoms with van der Waals surface area (Å²) in [6.45, 7) is 2.36. The highest BCUT2D eigenvalue weighted by atomic mass is 16.7. The van der Waals surface area contributed by atoms with Crippen LogP contribution in [0.25, 0.3) is 0 Å². The lowest BCUT2D eigenvalue weighted by atomic mass is 10.2. The van der Waals surface area contributed by atoms with E-state index in [0.717, 1.165) is 38.9 Å². The lowest BCUT2D eigenvalue weighted by Gasteiger charge is -2.22. The first-order chi connectivity index (χ1) is 8.95. The number of hydrogen-bond donors (Lipinski definition) is 0. The largest absolute Gasteiger partial charge is 0.372 e. The van der Waals surface area contributed by atoms with E-state index in [1.54, 1.807) is 0 Å². The van der Waals surface area contributed by atoms with Gasteiger partial charge in [-0.15, -0.1) is 0 Å². The molecule has 0 N–H and O–H groups in total. The van der Waals surface area contributed by atoms with Crippen LogP contribution in [-0.2, 0) is 14.2 Å². The zero-order valence-corrected chi connectivity index (χ0v) is 10.7. The lowest BCUT2D eigenvalue weighted by Crippen LogP contribution is -2.22. The third kappa shape index (κ3) is 6.07. The second kappa shape index (κ2) is 8.16. The SMILES string of the molecule is C(#CCCOC1CCCCO1)CC#CCC1CO1. The summed E-state index contributed by atoms with van der Waals surface area (Å²) < 4.78 is 16.1. The quantitative estimate of drug-likeness (QED) is 0.434. The fourth-order valence-corrected chi connectivity index (χ4v) is 1.71. The van der Waals surface area contributed by atoms with Crippen LogP contribution >= 0.6 is 0 Å². The van der Waals surface area contributed by atoms with Crippen LogP contribution in [0.2, 0.25) is 0 Å². The minimum Gasteiger partial charge on any atom is -0.372 e. The second-order valence-corrected chi connectivity index (χ2v) is 4.46. The van der Waals surface area contributed by atoms with Crippen LogP contribution in [0, 0.1) is 23.7 Å². The Bertz CT molecular complexity index is 345. The number of hydrogen-bond acceptors (Lipinski definition) is 3. The fourth-order valence-electron chi connectivity index (χ4n) is 1.71. The molecule has 0 aromatic carbocycles. The molecule has 0 aliphatic carbocycles. The van der Waals surface area contributed by atoms with Crippen molar-refractivity contribution in [2.45, 2.75) is 50.9 Å². The van der Waals surface area contributed by atoms with Gasteiger partial charge in [0.15, 0.2) is 6.29 Å². The summed E-state index contributed by atoms with van der Waals surface area (Å²) >= 11 is 0. The van der Waals surface area contributed by atoms with Gasteiger partial charge in [0.05, 0.1) is 25.7 Å². The molecule has 3 nitrogen and oxygen atoms in total. The van der Waals surface area contributed by atoms with Crippen molar-refractivity contribution in [3.63, 3.8) is 0 Å². The standard InChI is InChI=1S/C15H20O3/c1(3-5-9-14-13-18-14)2-4-7-11-16-15-10-6-8-12-17-15/h14-15H,1,6-13H2. The number of ether oxygens (including phenoxy) is 3. The maximum atomic E-state index is 5.57. The van der Waals surface area contributed by atoms with Gasteiger partial charge in [-0.1, -0.05) is 23.7 Å². The van der Waals surface area contributed by atoms with Gasteiger partial charge in [0.25, 0.3) is 0 Å². The predicted octanol–water partition coefficient (Wildman–Crippen LogP) is 2.11. The smallest absolute Gasteiger partial charge is 0.157 e. The Morgan fingerprint density at radius 2 is 1.94 bits per heavy atom. The van der Waals surface area contributed by atoms with Crippen molar-refractivity contribution < 1.29 is 14.2 Å². The van der Waals surface area contributed by atoms with E-state index in [-0.39, 0.29) is 6.29 Å². The minimum atomic E-state index is -0.00103. The van der Waals surface area contributed by atoms with Gasteiger partial charge in [-0.2, -0.15) is 0 Å². The van der Waals surface area contributed by atoms with Crippen molar-refractivity contribution in [2.75, 3.05) is 19.8 Å². The molecule has 0 aromatic rings. The normalized spacial score (nSPS) is 25.6. The van der Waals surface area contributed by atoms with E-state index in [4.69, 9.17) is 14.2 Å². The molecular formula is C15H20O3. The Balaban J connectivity index is 1.45. The number of epoxide rings is 1. The van der Waals surface area contributed by atoms with Crippen LogP contribution in [0.5, 0.6) is 0 Å². The van der Waals surface area contributed by atoms with Crippen molar-refractivity contribution in [1.29, 1.82) is 0 Å². The first-order valence-electron chi connectivity index (χ1n) is 6.71. The van der Waals surface area contributed by atoms with Crippen LogP contribution in [0.15, 0.2) is 0 Å². The van der Waals surface area contributed by atoms with Gasteiger partial charge in [-0.3, -0.25) is 0 Å². The topological polar surface area (TPSA) is 31.0 Å². The molecule has 2 heterocycles. The van der Waals surface area contributed by atoms with Crippen LogP contribution in [0.1, 0.15) is 38.5 Å². The van der Waals surface area contributed by atoms with E-state index in [0.29, 0.717) is 19.1 Å². The van der Waals surface area contributed by atoms with Gasteiger partial charge < -0.3 is 14.2 Å². The molecule has 2 saturated heterocycles. The third-order valence-corrected chi connectivity index (χ3v) is 2.83. The Hall–Kier alpha value is -1.00. The second-order valence-electron chi connectivity index (χ2n) is 4.46. The summed E-state index contributed by atoms with van der Waals surface area (Å²) in [5.74, 6) is 12.2. The van der Waals surface area contributed by atoms with Crippen molar-refractivity contribution in [3.8, 4) is 23.7 Å². The zero-order chi connectivity index (χ0) is 12.5. The summed E-state index contributed by atoms with van der Waals surface area (Å²) in [5.41, 5.74) is 0. The highest BCUT2D eigenvalue weighted by Crippen LogP contribution is 2.13. The van der Waals surface area contributed by atoms with E-state index in [2.05, 4.69) is 23.7 Å². The van der Waals surface area contributed by atoms with Crippen LogP contribution in [0.4, 0.5) is 0 Å². The molecule has 3 heteroatoms. The molecule has 0 saturated carbocycles. The molecule has 2 rings (SSSR count). The van der Waals surface area contributed by atoms with E-state index in [1.165, 1.54) is 6.42 Å². The van der Waals surface area contributed by atoms with E-state index in [9.17, 15) is 0 Å². The first kappa shape index (κ1) is 13.4. The average Bonchev–Trinajstić information content (AvgIpc) is 3.22. The van der Waals surface area contributed by atoms with Crippen molar-refractivity contribution in [1.82, 2.24) is 0 Å². The van der Waals surface area contributed by atoms with Gasteiger partial charge in [-0.25, -0.2) is 0 Å². The average molecular weight is 248 g/mol. The highest BCUT2D eigenvalue weighted by Gasteiger charge is 2.20. The molecule has 98 valence electrons. The van der Waals surface area contributed by atoms with Gasteiger partial charge in [-0.05, 0) is 19.3 Å². The Morgan fingerprint density at radius 3 is 2.72 bits per heavy atom. The molecule has 0 amide bonds. The molecular weight excluding hydrogens is 228 g/mol. The number of rotatable bonds is 4. The highest BCUT2D eigenvalue weighted by molar-refractivity contribution is 5.12. The maximum absolute atomic E-state index is 5.57. The Morgan fingerprint density at radius 1 is 1.06 bits per heavy atom. The molecule has 2 unspecified atom stereocenters. The zero-order valence-electron chi connectivity index (χ0n) is 10.7. The monoisotopic (exact) mass is 248 g/mol. The van der Waals surface area contributed by atoms with E-state index < -0.39 is 0 Å². The molecule has 2 aliphatic rings. The van der Waals surface area contributed by atoms with Crippen molar-refractivity contribution >= 4 is 0 Å². The molecule has 0 radical (unpaired) electrons. The fraction of sp³-hybridized carbons (Fsp3) is 0.733. The summed E-state index contributed by atoms with van der Waals surface area (Å²) in [5, 5.41) is 0. The Kier molecular flexibility index (Phi) is 6.09. The predicted molar refractivity (Wildman–Crippen MR) is 68.7 cm³/mol.